The van der Waals surface area contributed by atoms with Crippen molar-refractivity contribution >= 4 is 28.9 Å². The maximum Gasteiger partial charge on any atom is 0.227 e. The van der Waals surface area contributed by atoms with Crippen molar-refractivity contribution in [2.75, 3.05) is 41.8 Å². The minimum absolute atomic E-state index is 0.128. The van der Waals surface area contributed by atoms with E-state index in [1.165, 1.54) is 0 Å². The molecule has 27 heavy (non-hydrogen) atoms. The molecule has 2 heterocycles. The number of nitrogens with zero attached hydrogens (tertiary/aromatic N) is 3. The number of hydrogen-bond acceptors (Lipinski definition) is 6. The third-order valence-corrected chi connectivity index (χ3v) is 5.06. The van der Waals surface area contributed by atoms with Crippen molar-refractivity contribution in [3.63, 3.8) is 0 Å². The van der Waals surface area contributed by atoms with Gasteiger partial charge in [0.15, 0.2) is 0 Å². The lowest BCUT2D eigenvalue weighted by Crippen LogP contribution is -2.36. The second kappa shape index (κ2) is 7.92. The summed E-state index contributed by atoms with van der Waals surface area (Å²) in [4.78, 5) is 23.3. The highest BCUT2D eigenvalue weighted by molar-refractivity contribution is 5.93. The van der Waals surface area contributed by atoms with Crippen molar-refractivity contribution in [1.29, 1.82) is 0 Å². The van der Waals surface area contributed by atoms with Gasteiger partial charge in [-0.3, -0.25) is 4.79 Å². The van der Waals surface area contributed by atoms with E-state index >= 15 is 0 Å². The number of nitrogens with one attached hydrogen (secondary N) is 2. The summed E-state index contributed by atoms with van der Waals surface area (Å²) in [6.45, 7) is 5.02. The van der Waals surface area contributed by atoms with E-state index in [1.54, 1.807) is 0 Å². The molecule has 2 aliphatic rings. The lowest BCUT2D eigenvalue weighted by atomic mass is 9.85. The molecule has 0 atom stereocenters. The minimum Gasteiger partial charge on any atom is -0.378 e. The van der Waals surface area contributed by atoms with Crippen LogP contribution < -0.4 is 15.5 Å². The number of morpholine rings is 1. The Morgan fingerprint density at radius 1 is 1.11 bits per heavy atom. The summed E-state index contributed by atoms with van der Waals surface area (Å²) in [5.41, 5.74) is 1.74. The predicted octanol–water partition coefficient (Wildman–Crippen LogP) is 3.10. The maximum absolute atomic E-state index is 12.0. The zero-order valence-electron chi connectivity index (χ0n) is 15.6. The monoisotopic (exact) mass is 367 g/mol. The fourth-order valence-corrected chi connectivity index (χ4v) is 3.27. The third-order valence-electron chi connectivity index (χ3n) is 5.06. The summed E-state index contributed by atoms with van der Waals surface area (Å²) >= 11 is 0. The molecular formula is C20H25N5O2. The van der Waals surface area contributed by atoms with E-state index in [-0.39, 0.29) is 11.8 Å². The summed E-state index contributed by atoms with van der Waals surface area (Å²) in [6.07, 6.45) is 3.17. The van der Waals surface area contributed by atoms with Crippen molar-refractivity contribution in [2.45, 2.75) is 26.2 Å². The molecule has 1 aromatic carbocycles. The Bertz CT molecular complexity index is 799. The van der Waals surface area contributed by atoms with Gasteiger partial charge in [0, 0.05) is 36.4 Å². The Kier molecular flexibility index (Phi) is 5.20. The number of rotatable bonds is 5. The smallest absolute Gasteiger partial charge is 0.227 e. The molecule has 1 saturated carbocycles. The van der Waals surface area contributed by atoms with E-state index in [0.717, 1.165) is 74.4 Å². The molecule has 1 aliphatic carbocycles. The average molecular weight is 367 g/mol. The first kappa shape index (κ1) is 17.7. The molecule has 142 valence electrons. The number of aryl methyl sites for hydroxylation is 1. The summed E-state index contributed by atoms with van der Waals surface area (Å²) in [5, 5.41) is 6.31. The van der Waals surface area contributed by atoms with Crippen molar-refractivity contribution in [3.05, 3.63) is 36.2 Å². The van der Waals surface area contributed by atoms with Gasteiger partial charge in [-0.15, -0.1) is 0 Å². The highest BCUT2D eigenvalue weighted by atomic mass is 16.5. The molecule has 7 heteroatoms. The minimum atomic E-state index is 0.128. The quantitative estimate of drug-likeness (QED) is 0.845. The molecule has 1 aromatic heterocycles. The van der Waals surface area contributed by atoms with Crippen LogP contribution in [-0.4, -0.2) is 42.2 Å². The van der Waals surface area contributed by atoms with Gasteiger partial charge >= 0.3 is 0 Å². The Morgan fingerprint density at radius 3 is 2.48 bits per heavy atom. The van der Waals surface area contributed by atoms with E-state index in [4.69, 9.17) is 4.74 Å². The normalized spacial score (nSPS) is 17.3. The topological polar surface area (TPSA) is 79.4 Å². The molecule has 0 bridgehead atoms. The van der Waals surface area contributed by atoms with Crippen LogP contribution in [0, 0.1) is 12.8 Å². The fraction of sp³-hybridized carbons (Fsp3) is 0.450. The molecule has 1 amide bonds. The van der Waals surface area contributed by atoms with Gasteiger partial charge in [-0.1, -0.05) is 6.42 Å². The molecule has 2 aromatic rings. The molecule has 2 fully saturated rings. The van der Waals surface area contributed by atoms with E-state index in [0.29, 0.717) is 0 Å². The van der Waals surface area contributed by atoms with Crippen LogP contribution in [-0.2, 0) is 9.53 Å². The highest BCUT2D eigenvalue weighted by Gasteiger charge is 2.25. The van der Waals surface area contributed by atoms with Crippen LogP contribution in [0.3, 0.4) is 0 Å². The van der Waals surface area contributed by atoms with Crippen LogP contribution in [0.5, 0.6) is 0 Å². The zero-order chi connectivity index (χ0) is 18.6. The largest absolute Gasteiger partial charge is 0.378 e. The average Bonchev–Trinajstić information content (AvgIpc) is 2.62. The van der Waals surface area contributed by atoms with Crippen LogP contribution in [0.15, 0.2) is 30.3 Å². The van der Waals surface area contributed by atoms with Gasteiger partial charge in [0.1, 0.15) is 17.5 Å². The second-order valence-corrected chi connectivity index (χ2v) is 7.08. The van der Waals surface area contributed by atoms with Gasteiger partial charge in [0.2, 0.25) is 5.91 Å². The molecular weight excluding hydrogens is 342 g/mol. The SMILES string of the molecule is Cc1nc(Nc2ccc(NC(=O)C3CCC3)cc2)cc(N2CCOCC2)n1. The number of amides is 1. The molecule has 7 nitrogen and oxygen atoms in total. The zero-order valence-corrected chi connectivity index (χ0v) is 15.6. The first-order chi connectivity index (χ1) is 13.2. The first-order valence-electron chi connectivity index (χ1n) is 9.54. The number of carbonyl (C=O) groups is 1. The molecule has 0 radical (unpaired) electrons. The van der Waals surface area contributed by atoms with Crippen molar-refractivity contribution in [1.82, 2.24) is 9.97 Å². The molecule has 2 N–H and O–H groups in total. The van der Waals surface area contributed by atoms with Crippen molar-refractivity contribution in [2.24, 2.45) is 5.92 Å². The predicted molar refractivity (Wildman–Crippen MR) is 105 cm³/mol. The maximum atomic E-state index is 12.0. The summed E-state index contributed by atoms with van der Waals surface area (Å²) < 4.78 is 5.41. The van der Waals surface area contributed by atoms with Crippen LogP contribution in [0.25, 0.3) is 0 Å². The summed E-state index contributed by atoms with van der Waals surface area (Å²) in [7, 11) is 0. The van der Waals surface area contributed by atoms with E-state index in [2.05, 4.69) is 25.5 Å². The lowest BCUT2D eigenvalue weighted by Gasteiger charge is -2.28. The van der Waals surface area contributed by atoms with Crippen LogP contribution >= 0.6 is 0 Å². The number of carbonyl (C=O) groups excluding carboxylic acids is 1. The summed E-state index contributed by atoms with van der Waals surface area (Å²) in [6, 6.07) is 9.68. The Morgan fingerprint density at radius 2 is 1.81 bits per heavy atom. The van der Waals surface area contributed by atoms with E-state index in [1.807, 2.05) is 37.3 Å². The number of ether oxygens (including phenoxy) is 1. The first-order valence-corrected chi connectivity index (χ1v) is 9.54. The molecule has 1 saturated heterocycles. The van der Waals surface area contributed by atoms with Crippen LogP contribution in [0.4, 0.5) is 23.0 Å². The van der Waals surface area contributed by atoms with Gasteiger partial charge in [-0.2, -0.15) is 0 Å². The van der Waals surface area contributed by atoms with Gasteiger partial charge in [0.25, 0.3) is 0 Å². The summed E-state index contributed by atoms with van der Waals surface area (Å²) in [5.74, 6) is 2.72. The van der Waals surface area contributed by atoms with Gasteiger partial charge in [0.05, 0.1) is 13.2 Å². The fourth-order valence-electron chi connectivity index (χ4n) is 3.27. The van der Waals surface area contributed by atoms with Gasteiger partial charge in [-0.25, -0.2) is 9.97 Å². The Balaban J connectivity index is 1.42. The highest BCUT2D eigenvalue weighted by Crippen LogP contribution is 2.28. The van der Waals surface area contributed by atoms with Gasteiger partial charge in [-0.05, 0) is 44.0 Å². The third kappa shape index (κ3) is 4.36. The number of anilines is 4. The number of hydrogen-bond donors (Lipinski definition) is 2. The lowest BCUT2D eigenvalue weighted by molar-refractivity contribution is -0.122. The van der Waals surface area contributed by atoms with E-state index < -0.39 is 0 Å². The molecule has 0 spiro atoms. The number of benzene rings is 1. The van der Waals surface area contributed by atoms with Crippen LogP contribution in [0.2, 0.25) is 0 Å². The second-order valence-electron chi connectivity index (χ2n) is 7.08. The van der Waals surface area contributed by atoms with Gasteiger partial charge < -0.3 is 20.3 Å². The van der Waals surface area contributed by atoms with Crippen molar-refractivity contribution in [3.8, 4) is 0 Å². The Labute approximate surface area is 159 Å². The number of aromatic nitrogens is 2. The van der Waals surface area contributed by atoms with E-state index in [9.17, 15) is 4.79 Å². The molecule has 0 unspecified atom stereocenters. The van der Waals surface area contributed by atoms with Crippen molar-refractivity contribution < 1.29 is 9.53 Å². The Hall–Kier alpha value is -2.67. The standard InChI is InChI=1S/C20H25N5O2/c1-14-21-18(13-19(22-14)25-9-11-27-12-10-25)23-16-5-7-17(8-6-16)24-20(26)15-3-2-4-15/h5-8,13,15H,2-4,9-12H2,1H3,(H,24,26)(H,21,22,23). The molecule has 4 rings (SSSR count). The molecule has 1 aliphatic heterocycles. The van der Waals surface area contributed by atoms with Crippen LogP contribution in [0.1, 0.15) is 25.1 Å².